The lowest BCUT2D eigenvalue weighted by Crippen LogP contribution is -2.47. The van der Waals surface area contributed by atoms with E-state index in [1.807, 2.05) is 17.9 Å². The minimum atomic E-state index is -4.46. The van der Waals surface area contributed by atoms with E-state index in [4.69, 9.17) is 4.74 Å². The van der Waals surface area contributed by atoms with E-state index in [1.54, 1.807) is 12.1 Å². The number of fused-ring (bicyclic) bond motifs is 2. The molecular formula is C17H18F3N3O2S. The maximum Gasteiger partial charge on any atom is 0.445 e. The third-order valence-corrected chi connectivity index (χ3v) is 6.08. The van der Waals surface area contributed by atoms with E-state index in [9.17, 15) is 18.3 Å². The van der Waals surface area contributed by atoms with Gasteiger partial charge in [-0.15, -0.1) is 10.2 Å². The lowest BCUT2D eigenvalue weighted by molar-refractivity contribution is -0.138. The summed E-state index contributed by atoms with van der Waals surface area (Å²) in [5.74, 6) is 0.951. The molecule has 1 saturated carbocycles. The number of aromatic nitrogens is 2. The van der Waals surface area contributed by atoms with Crippen LogP contribution in [0.5, 0.6) is 11.5 Å². The minimum Gasteiger partial charge on any atom is -0.504 e. The smallest absolute Gasteiger partial charge is 0.445 e. The molecule has 5 nitrogen and oxygen atoms in total. The van der Waals surface area contributed by atoms with Crippen LogP contribution in [0.25, 0.3) is 0 Å². The summed E-state index contributed by atoms with van der Waals surface area (Å²) in [6.45, 7) is 3.06. The first-order chi connectivity index (χ1) is 12.3. The summed E-state index contributed by atoms with van der Waals surface area (Å²) < 4.78 is 44.3. The minimum absolute atomic E-state index is 0.0464. The van der Waals surface area contributed by atoms with Gasteiger partial charge in [0.25, 0.3) is 0 Å². The summed E-state index contributed by atoms with van der Waals surface area (Å²) in [7, 11) is 0. The summed E-state index contributed by atoms with van der Waals surface area (Å²) in [6, 6.07) is 5.30. The highest BCUT2D eigenvalue weighted by atomic mass is 32.1. The normalized spacial score (nSPS) is 25.5. The van der Waals surface area contributed by atoms with Crippen LogP contribution in [-0.4, -0.2) is 34.5 Å². The molecule has 4 rings (SSSR count). The van der Waals surface area contributed by atoms with Crippen molar-refractivity contribution < 1.29 is 23.0 Å². The van der Waals surface area contributed by atoms with E-state index in [1.165, 1.54) is 0 Å². The molecule has 2 aromatic rings. The van der Waals surface area contributed by atoms with Crippen LogP contribution < -0.4 is 9.64 Å². The number of piperidine rings is 1. The number of rotatable bonds is 3. The Balaban J connectivity index is 1.48. The number of phenols is 1. The highest BCUT2D eigenvalue weighted by Gasteiger charge is 2.45. The zero-order chi connectivity index (χ0) is 18.5. The molecule has 1 N–H and O–H groups in total. The van der Waals surface area contributed by atoms with Gasteiger partial charge in [0.05, 0.1) is 0 Å². The standard InChI is InChI=1S/C17H18F3N3O2S/c1-9-2-5-13(12(24)6-9)25-14-10-3-4-11(14)8-23(7-10)16-22-21-15(26-16)17(18,19)20/h2,5-6,10-11,14,24H,3-4,7-8H2,1H3/t10-,11+,14?. The fraction of sp³-hybridized carbons (Fsp3) is 0.529. The second-order valence-corrected chi connectivity index (χ2v) is 7.90. The molecule has 1 aromatic heterocycles. The van der Waals surface area contributed by atoms with Crippen molar-refractivity contribution in [3.8, 4) is 11.5 Å². The number of nitrogens with zero attached hydrogens (tertiary/aromatic N) is 3. The summed E-state index contributed by atoms with van der Waals surface area (Å²) in [5, 5.41) is 16.5. The number of hydrogen-bond acceptors (Lipinski definition) is 6. The SMILES string of the molecule is Cc1ccc(OC2[C@@H]3CC[C@H]2CN(c2nnc(C(F)(F)F)s2)C3)c(O)c1. The van der Waals surface area contributed by atoms with Crippen LogP contribution in [0.4, 0.5) is 18.3 Å². The fourth-order valence-corrected chi connectivity index (χ4v) is 4.58. The predicted molar refractivity (Wildman–Crippen MR) is 90.6 cm³/mol. The number of alkyl halides is 3. The van der Waals surface area contributed by atoms with Crippen molar-refractivity contribution in [2.24, 2.45) is 11.8 Å². The van der Waals surface area contributed by atoms with E-state index in [0.29, 0.717) is 35.3 Å². The Hall–Kier alpha value is -2.03. The second-order valence-electron chi connectivity index (χ2n) is 6.94. The molecule has 2 bridgehead atoms. The third kappa shape index (κ3) is 3.20. The van der Waals surface area contributed by atoms with E-state index in [0.717, 1.165) is 18.4 Å². The topological polar surface area (TPSA) is 58.5 Å². The van der Waals surface area contributed by atoms with Crippen LogP contribution in [0.1, 0.15) is 23.4 Å². The lowest BCUT2D eigenvalue weighted by Gasteiger charge is -2.37. The molecule has 1 aromatic carbocycles. The van der Waals surface area contributed by atoms with Crippen LogP contribution >= 0.6 is 11.3 Å². The maximum atomic E-state index is 12.8. The highest BCUT2D eigenvalue weighted by Crippen LogP contribution is 2.43. The molecule has 1 unspecified atom stereocenters. The molecule has 1 saturated heterocycles. The molecule has 0 amide bonds. The summed E-state index contributed by atoms with van der Waals surface area (Å²) >= 11 is 0.585. The number of aromatic hydroxyl groups is 1. The maximum absolute atomic E-state index is 12.8. The lowest BCUT2D eigenvalue weighted by atomic mass is 9.95. The molecule has 1 aliphatic heterocycles. The first-order valence-corrected chi connectivity index (χ1v) is 9.25. The zero-order valence-electron chi connectivity index (χ0n) is 14.0. The first kappa shape index (κ1) is 17.4. The molecule has 3 atom stereocenters. The average Bonchev–Trinajstić information content (AvgIpc) is 3.13. The van der Waals surface area contributed by atoms with Gasteiger partial charge in [0.1, 0.15) is 6.10 Å². The van der Waals surface area contributed by atoms with Gasteiger partial charge in [0.15, 0.2) is 11.5 Å². The van der Waals surface area contributed by atoms with E-state index >= 15 is 0 Å². The Morgan fingerprint density at radius 1 is 1.19 bits per heavy atom. The first-order valence-electron chi connectivity index (χ1n) is 8.43. The number of phenolic OH excluding ortho intramolecular Hbond substituents is 1. The van der Waals surface area contributed by atoms with Crippen LogP contribution in [0.2, 0.25) is 0 Å². The molecular weight excluding hydrogens is 367 g/mol. The van der Waals surface area contributed by atoms with Crippen LogP contribution in [0, 0.1) is 18.8 Å². The van der Waals surface area contributed by atoms with Crippen molar-refractivity contribution in [3.63, 3.8) is 0 Å². The molecule has 0 spiro atoms. The van der Waals surface area contributed by atoms with Gasteiger partial charge in [-0.2, -0.15) is 13.2 Å². The summed E-state index contributed by atoms with van der Waals surface area (Å²) in [4.78, 5) is 1.88. The number of halogens is 3. The van der Waals surface area contributed by atoms with Gasteiger partial charge in [-0.3, -0.25) is 0 Å². The molecule has 1 aliphatic carbocycles. The second kappa shape index (κ2) is 6.29. The number of hydrogen-bond donors (Lipinski definition) is 1. The van der Waals surface area contributed by atoms with Gasteiger partial charge in [-0.1, -0.05) is 17.4 Å². The number of aryl methyl sites for hydroxylation is 1. The van der Waals surface area contributed by atoms with E-state index < -0.39 is 11.2 Å². The Bertz CT molecular complexity index is 797. The number of benzene rings is 1. The molecule has 2 heterocycles. The van der Waals surface area contributed by atoms with Crippen LogP contribution in [0.15, 0.2) is 18.2 Å². The van der Waals surface area contributed by atoms with Gasteiger partial charge in [0.2, 0.25) is 10.1 Å². The zero-order valence-corrected chi connectivity index (χ0v) is 14.8. The van der Waals surface area contributed by atoms with Crippen molar-refractivity contribution in [1.29, 1.82) is 0 Å². The average molecular weight is 385 g/mol. The van der Waals surface area contributed by atoms with Crippen LogP contribution in [0.3, 0.4) is 0 Å². The molecule has 2 fully saturated rings. The van der Waals surface area contributed by atoms with Crippen molar-refractivity contribution >= 4 is 16.5 Å². The largest absolute Gasteiger partial charge is 0.504 e. The Morgan fingerprint density at radius 2 is 1.88 bits per heavy atom. The third-order valence-electron chi connectivity index (χ3n) is 5.05. The van der Waals surface area contributed by atoms with Crippen LogP contribution in [-0.2, 0) is 6.18 Å². The van der Waals surface area contributed by atoms with Crippen molar-refractivity contribution in [2.75, 3.05) is 18.0 Å². The van der Waals surface area contributed by atoms with Crippen molar-refractivity contribution in [2.45, 2.75) is 32.0 Å². The fourth-order valence-electron chi connectivity index (χ4n) is 3.85. The van der Waals surface area contributed by atoms with Gasteiger partial charge < -0.3 is 14.7 Å². The Labute approximate surface area is 152 Å². The molecule has 0 radical (unpaired) electrons. The Morgan fingerprint density at radius 3 is 2.46 bits per heavy atom. The van der Waals surface area contributed by atoms with E-state index in [-0.39, 0.29) is 23.7 Å². The number of ether oxygens (including phenoxy) is 1. The predicted octanol–water partition coefficient (Wildman–Crippen LogP) is 3.86. The molecule has 140 valence electrons. The van der Waals surface area contributed by atoms with Gasteiger partial charge in [-0.25, -0.2) is 0 Å². The van der Waals surface area contributed by atoms with Gasteiger partial charge >= 0.3 is 6.18 Å². The quantitative estimate of drug-likeness (QED) is 0.869. The van der Waals surface area contributed by atoms with Gasteiger partial charge in [-0.05, 0) is 37.5 Å². The molecule has 9 heteroatoms. The highest BCUT2D eigenvalue weighted by molar-refractivity contribution is 7.15. The van der Waals surface area contributed by atoms with Crippen molar-refractivity contribution in [3.05, 3.63) is 28.8 Å². The number of anilines is 1. The van der Waals surface area contributed by atoms with Gasteiger partial charge in [0, 0.05) is 24.9 Å². The summed E-state index contributed by atoms with van der Waals surface area (Å²) in [5.41, 5.74) is 0.948. The Kier molecular flexibility index (Phi) is 4.21. The van der Waals surface area contributed by atoms with Crippen molar-refractivity contribution in [1.82, 2.24) is 10.2 Å². The summed E-state index contributed by atoms with van der Waals surface area (Å²) in [6.07, 6.45) is -2.61. The van der Waals surface area contributed by atoms with E-state index in [2.05, 4.69) is 10.2 Å². The monoisotopic (exact) mass is 385 g/mol. The molecule has 2 aliphatic rings. The molecule has 26 heavy (non-hydrogen) atoms.